The molecule has 1 aromatic heterocycles. The quantitative estimate of drug-likeness (QED) is 0.848. The van der Waals surface area contributed by atoms with Crippen LogP contribution in [0, 0.1) is 5.92 Å². The number of aromatic nitrogens is 1. The molecule has 1 saturated heterocycles. The first kappa shape index (κ1) is 12.0. The molecule has 0 unspecified atom stereocenters. The third-order valence-corrected chi connectivity index (χ3v) is 3.16. The predicted octanol–water partition coefficient (Wildman–Crippen LogP) is 1.04. The van der Waals surface area contributed by atoms with Crippen LogP contribution in [0.3, 0.4) is 0 Å². The van der Waals surface area contributed by atoms with Crippen LogP contribution in [0.5, 0.6) is 0 Å². The molecule has 2 heterocycles. The van der Waals surface area contributed by atoms with E-state index in [4.69, 9.17) is 0 Å². The normalized spacial score (nSPS) is 19.9. The lowest BCUT2D eigenvalue weighted by molar-refractivity contribution is -0.135. The molecule has 1 aliphatic rings. The van der Waals surface area contributed by atoms with Gasteiger partial charge in [0, 0.05) is 32.5 Å². The van der Waals surface area contributed by atoms with Gasteiger partial charge < -0.3 is 10.2 Å². The number of nitrogens with zero attached hydrogens (tertiary/aromatic N) is 2. The highest BCUT2D eigenvalue weighted by molar-refractivity contribution is 5.78. The van der Waals surface area contributed by atoms with Crippen LogP contribution >= 0.6 is 0 Å². The molecular formula is C13H19N3O. The van der Waals surface area contributed by atoms with Gasteiger partial charge in [-0.1, -0.05) is 6.07 Å². The molecule has 4 heteroatoms. The second-order valence-electron chi connectivity index (χ2n) is 4.60. The molecule has 1 aliphatic heterocycles. The van der Waals surface area contributed by atoms with Crippen molar-refractivity contribution in [3.63, 3.8) is 0 Å². The summed E-state index contributed by atoms with van der Waals surface area (Å²) in [5, 5.41) is 3.27. The van der Waals surface area contributed by atoms with Crippen molar-refractivity contribution in [1.82, 2.24) is 15.2 Å². The number of hydrogen-bond acceptors (Lipinski definition) is 3. The Labute approximate surface area is 102 Å². The van der Waals surface area contributed by atoms with E-state index in [0.717, 1.165) is 31.5 Å². The minimum absolute atomic E-state index is 0.144. The van der Waals surface area contributed by atoms with Crippen LogP contribution < -0.4 is 5.32 Å². The molecule has 0 saturated carbocycles. The number of nitrogens with one attached hydrogen (secondary N) is 1. The predicted molar refractivity (Wildman–Crippen MR) is 66.3 cm³/mol. The van der Waals surface area contributed by atoms with E-state index in [1.807, 2.05) is 25.4 Å². The van der Waals surface area contributed by atoms with Crippen LogP contribution in [-0.4, -0.2) is 35.9 Å². The third kappa shape index (κ3) is 3.27. The van der Waals surface area contributed by atoms with Gasteiger partial charge in [0.2, 0.25) is 5.91 Å². The molecule has 1 aromatic rings. The zero-order valence-electron chi connectivity index (χ0n) is 10.2. The number of carbonyl (C=O) groups excluding carboxylic acids is 1. The smallest absolute Gasteiger partial charge is 0.227 e. The lowest BCUT2D eigenvalue weighted by atomic mass is 9.98. The highest BCUT2D eigenvalue weighted by Crippen LogP contribution is 2.14. The van der Waals surface area contributed by atoms with Gasteiger partial charge in [0.05, 0.1) is 5.92 Å². The topological polar surface area (TPSA) is 45.2 Å². The fourth-order valence-electron chi connectivity index (χ4n) is 2.22. The first-order valence-electron chi connectivity index (χ1n) is 6.12. The van der Waals surface area contributed by atoms with Crippen LogP contribution in [-0.2, 0) is 11.3 Å². The Bertz CT molecular complexity index is 360. The van der Waals surface area contributed by atoms with Gasteiger partial charge in [0.25, 0.3) is 0 Å². The number of rotatable bonds is 3. The van der Waals surface area contributed by atoms with E-state index in [9.17, 15) is 4.79 Å². The summed E-state index contributed by atoms with van der Waals surface area (Å²) < 4.78 is 0. The standard InChI is InChI=1S/C13H19N3O/c1-16(10-11-4-2-6-14-8-11)13(17)12-5-3-7-15-9-12/h2,4,6,8,12,15H,3,5,7,9-10H2,1H3/t12-/m1/s1. The van der Waals surface area contributed by atoms with E-state index in [-0.39, 0.29) is 11.8 Å². The maximum Gasteiger partial charge on any atom is 0.227 e. The average molecular weight is 233 g/mol. The molecule has 4 nitrogen and oxygen atoms in total. The SMILES string of the molecule is CN(Cc1cccnc1)C(=O)[C@@H]1CCCNC1. The molecule has 1 N–H and O–H groups in total. The minimum Gasteiger partial charge on any atom is -0.341 e. The summed E-state index contributed by atoms with van der Waals surface area (Å²) in [5.74, 6) is 0.381. The summed E-state index contributed by atoms with van der Waals surface area (Å²) in [4.78, 5) is 18.0. The number of carbonyl (C=O) groups is 1. The molecule has 92 valence electrons. The number of hydrogen-bond donors (Lipinski definition) is 1. The molecule has 0 bridgehead atoms. The molecule has 0 aliphatic carbocycles. The Morgan fingerprint density at radius 3 is 3.18 bits per heavy atom. The second kappa shape index (κ2) is 5.77. The van der Waals surface area contributed by atoms with Gasteiger partial charge in [-0.25, -0.2) is 0 Å². The van der Waals surface area contributed by atoms with Gasteiger partial charge in [0.15, 0.2) is 0 Å². The van der Waals surface area contributed by atoms with Gasteiger partial charge in [0.1, 0.15) is 0 Å². The average Bonchev–Trinajstić information content (AvgIpc) is 2.40. The summed E-state index contributed by atoms with van der Waals surface area (Å²) in [6.45, 7) is 2.50. The van der Waals surface area contributed by atoms with Crippen LogP contribution in [0.25, 0.3) is 0 Å². The summed E-state index contributed by atoms with van der Waals surface area (Å²) in [6.07, 6.45) is 5.65. The highest BCUT2D eigenvalue weighted by Gasteiger charge is 2.23. The summed E-state index contributed by atoms with van der Waals surface area (Å²) in [6, 6.07) is 3.89. The molecule has 2 rings (SSSR count). The monoisotopic (exact) mass is 233 g/mol. The van der Waals surface area contributed by atoms with E-state index in [1.54, 1.807) is 11.1 Å². The Hall–Kier alpha value is -1.42. The van der Waals surface area contributed by atoms with Crippen molar-refractivity contribution in [2.75, 3.05) is 20.1 Å². The summed E-state index contributed by atoms with van der Waals surface area (Å²) in [5.41, 5.74) is 1.08. The summed E-state index contributed by atoms with van der Waals surface area (Å²) in [7, 11) is 1.87. The van der Waals surface area contributed by atoms with Crippen molar-refractivity contribution < 1.29 is 4.79 Å². The van der Waals surface area contributed by atoms with Crippen LogP contribution in [0.15, 0.2) is 24.5 Å². The largest absolute Gasteiger partial charge is 0.341 e. The lowest BCUT2D eigenvalue weighted by Gasteiger charge is -2.27. The van der Waals surface area contributed by atoms with Crippen molar-refractivity contribution >= 4 is 5.91 Å². The molecule has 17 heavy (non-hydrogen) atoms. The Kier molecular flexibility index (Phi) is 4.09. The van der Waals surface area contributed by atoms with Crippen LogP contribution in [0.4, 0.5) is 0 Å². The van der Waals surface area contributed by atoms with Gasteiger partial charge in [-0.2, -0.15) is 0 Å². The maximum absolute atomic E-state index is 12.2. The van der Waals surface area contributed by atoms with E-state index >= 15 is 0 Å². The molecule has 1 fully saturated rings. The molecule has 1 amide bonds. The first-order chi connectivity index (χ1) is 8.27. The van der Waals surface area contributed by atoms with Crippen molar-refractivity contribution in [1.29, 1.82) is 0 Å². The van der Waals surface area contributed by atoms with Crippen LogP contribution in [0.2, 0.25) is 0 Å². The third-order valence-electron chi connectivity index (χ3n) is 3.16. The van der Waals surface area contributed by atoms with E-state index in [1.165, 1.54) is 0 Å². The van der Waals surface area contributed by atoms with Gasteiger partial charge in [-0.05, 0) is 31.0 Å². The molecular weight excluding hydrogens is 214 g/mol. The number of amides is 1. The molecule has 1 atom stereocenters. The van der Waals surface area contributed by atoms with Crippen molar-refractivity contribution in [2.24, 2.45) is 5.92 Å². The van der Waals surface area contributed by atoms with E-state index < -0.39 is 0 Å². The minimum atomic E-state index is 0.144. The number of pyridine rings is 1. The summed E-state index contributed by atoms with van der Waals surface area (Å²) >= 11 is 0. The van der Waals surface area contributed by atoms with Crippen molar-refractivity contribution in [3.05, 3.63) is 30.1 Å². The van der Waals surface area contributed by atoms with Gasteiger partial charge in [-0.15, -0.1) is 0 Å². The Morgan fingerprint density at radius 1 is 1.65 bits per heavy atom. The highest BCUT2D eigenvalue weighted by atomic mass is 16.2. The van der Waals surface area contributed by atoms with Crippen molar-refractivity contribution in [2.45, 2.75) is 19.4 Å². The van der Waals surface area contributed by atoms with Crippen LogP contribution in [0.1, 0.15) is 18.4 Å². The van der Waals surface area contributed by atoms with Gasteiger partial charge >= 0.3 is 0 Å². The lowest BCUT2D eigenvalue weighted by Crippen LogP contribution is -2.41. The fraction of sp³-hybridized carbons (Fsp3) is 0.538. The molecule has 0 spiro atoms. The zero-order valence-corrected chi connectivity index (χ0v) is 10.2. The van der Waals surface area contributed by atoms with Crippen molar-refractivity contribution in [3.8, 4) is 0 Å². The molecule has 0 radical (unpaired) electrons. The van der Waals surface area contributed by atoms with E-state index in [2.05, 4.69) is 10.3 Å². The Morgan fingerprint density at radius 2 is 2.53 bits per heavy atom. The van der Waals surface area contributed by atoms with E-state index in [0.29, 0.717) is 6.54 Å². The first-order valence-corrected chi connectivity index (χ1v) is 6.12. The zero-order chi connectivity index (χ0) is 12.1. The Balaban J connectivity index is 1.90. The second-order valence-corrected chi connectivity index (χ2v) is 4.60. The fourth-order valence-corrected chi connectivity index (χ4v) is 2.22. The molecule has 0 aromatic carbocycles. The van der Waals surface area contributed by atoms with Gasteiger partial charge in [-0.3, -0.25) is 9.78 Å². The number of piperidine rings is 1. The maximum atomic E-state index is 12.2.